The van der Waals surface area contributed by atoms with Gasteiger partial charge in [0, 0.05) is 27.5 Å². The number of aliphatic hydroxyl groups is 6. The molecule has 0 atom stereocenters. The molecule has 0 aromatic heterocycles. The van der Waals surface area contributed by atoms with Crippen LogP contribution in [-0.2, 0) is 28.8 Å². The monoisotopic (exact) mass is 688 g/mol. The highest BCUT2D eigenvalue weighted by atomic mass is 16.4. The van der Waals surface area contributed by atoms with Gasteiger partial charge < -0.3 is 46.0 Å². The summed E-state index contributed by atoms with van der Waals surface area (Å²) in [7, 11) is 0. The van der Waals surface area contributed by atoms with E-state index in [1.54, 1.807) is 0 Å². The second-order valence-corrected chi connectivity index (χ2v) is 10.3. The summed E-state index contributed by atoms with van der Waals surface area (Å²) in [4.78, 5) is 65.3. The molecule has 0 fully saturated rings. The van der Waals surface area contributed by atoms with E-state index in [2.05, 4.69) is 39.5 Å². The lowest BCUT2D eigenvalue weighted by atomic mass is 9.64. The predicted octanol–water partition coefficient (Wildman–Crippen LogP) is 0.893. The third-order valence-electron chi connectivity index (χ3n) is 6.32. The predicted molar refractivity (Wildman–Crippen MR) is 178 cm³/mol. The summed E-state index contributed by atoms with van der Waals surface area (Å²) in [6.45, 7) is 22.8. The van der Waals surface area contributed by atoms with Gasteiger partial charge in [0.05, 0.1) is 39.6 Å². The molecule has 15 nitrogen and oxygen atoms in total. The van der Waals surface area contributed by atoms with Gasteiger partial charge in [-0.05, 0) is 51.8 Å². The number of hydrogen-bond acceptors (Lipinski definition) is 12. The van der Waals surface area contributed by atoms with Crippen LogP contribution >= 0.6 is 0 Å². The Balaban J connectivity index is -0.000000187. The number of carbonyl (C=O) groups is 6. The Morgan fingerprint density at radius 3 is 0.771 bits per heavy atom. The van der Waals surface area contributed by atoms with Crippen LogP contribution in [0.3, 0.4) is 0 Å². The number of carbonyl (C=O) groups excluding carboxylic acids is 3. The Labute approximate surface area is 280 Å². The zero-order chi connectivity index (χ0) is 39.5. The Kier molecular flexibility index (Phi) is 30.7. The van der Waals surface area contributed by atoms with Gasteiger partial charge >= 0.3 is 17.9 Å². The van der Waals surface area contributed by atoms with E-state index in [-0.39, 0.29) is 36.5 Å². The first-order valence-corrected chi connectivity index (χ1v) is 13.8. The number of ketones is 3. The van der Waals surface area contributed by atoms with Crippen LogP contribution in [-0.4, -0.2) is 121 Å². The molecule has 0 radical (unpaired) electrons. The average molecular weight is 689 g/mol. The van der Waals surface area contributed by atoms with E-state index >= 15 is 0 Å². The van der Waals surface area contributed by atoms with Gasteiger partial charge in [0.1, 0.15) is 0 Å². The largest absolute Gasteiger partial charge is 0.478 e. The molecular formula is C33H52O15. The van der Waals surface area contributed by atoms with Crippen molar-refractivity contribution in [3.63, 3.8) is 0 Å². The van der Waals surface area contributed by atoms with Gasteiger partial charge in [-0.25, -0.2) is 14.4 Å². The van der Waals surface area contributed by atoms with E-state index in [0.29, 0.717) is 6.42 Å². The van der Waals surface area contributed by atoms with Crippen molar-refractivity contribution in [1.29, 1.82) is 0 Å². The molecule has 0 aromatic carbocycles. The highest BCUT2D eigenvalue weighted by molar-refractivity contribution is 6.31. The van der Waals surface area contributed by atoms with Gasteiger partial charge in [0.15, 0.2) is 22.8 Å². The molecule has 0 saturated heterocycles. The van der Waals surface area contributed by atoms with Crippen LogP contribution in [0.15, 0.2) is 74.4 Å². The SMILES string of the molecule is C=C(C)C(=O)O.C=C(C)C(=O)O.C=C(C)C(=O)O.C=CC(=O)C(CC(CO)(CO)CO)(C(=O)C=C)C(=O)C=C.CCC(CO)(CO)CO. The molecule has 48 heavy (non-hydrogen) atoms. The number of allylic oxidation sites excluding steroid dienone is 3. The first-order valence-electron chi connectivity index (χ1n) is 13.8. The minimum Gasteiger partial charge on any atom is -0.478 e. The van der Waals surface area contributed by atoms with Crippen molar-refractivity contribution in [2.75, 3.05) is 39.6 Å². The number of carboxylic acids is 3. The van der Waals surface area contributed by atoms with E-state index in [4.69, 9.17) is 30.6 Å². The van der Waals surface area contributed by atoms with Crippen LogP contribution in [0.1, 0.15) is 40.5 Å². The summed E-state index contributed by atoms with van der Waals surface area (Å²) in [5, 5.41) is 77.8. The van der Waals surface area contributed by atoms with Crippen molar-refractivity contribution in [3.05, 3.63) is 74.4 Å². The molecule has 0 heterocycles. The fraction of sp³-hybridized carbons (Fsp3) is 0.455. The quantitative estimate of drug-likeness (QED) is 0.0714. The zero-order valence-electron chi connectivity index (χ0n) is 28.1. The van der Waals surface area contributed by atoms with Crippen molar-refractivity contribution >= 4 is 35.3 Å². The first-order chi connectivity index (χ1) is 22.0. The first kappa shape index (κ1) is 53.1. The van der Waals surface area contributed by atoms with Crippen molar-refractivity contribution in [2.24, 2.45) is 16.2 Å². The molecule has 0 aromatic rings. The number of aliphatic hydroxyl groups excluding tert-OH is 6. The highest BCUT2D eigenvalue weighted by Crippen LogP contribution is 2.38. The molecule has 0 aliphatic rings. The molecule has 0 saturated carbocycles. The molecule has 0 rings (SSSR count). The van der Waals surface area contributed by atoms with Crippen LogP contribution in [0.4, 0.5) is 0 Å². The summed E-state index contributed by atoms with van der Waals surface area (Å²) >= 11 is 0. The van der Waals surface area contributed by atoms with Crippen molar-refractivity contribution in [1.82, 2.24) is 0 Å². The number of carboxylic acid groups (broad SMARTS) is 3. The Bertz CT molecular complexity index is 971. The molecule has 15 heteroatoms. The van der Waals surface area contributed by atoms with Crippen molar-refractivity contribution in [2.45, 2.75) is 40.5 Å². The summed E-state index contributed by atoms with van der Waals surface area (Å²) in [5.41, 5.74) is -3.96. The molecular weight excluding hydrogens is 636 g/mol. The number of rotatable bonds is 18. The number of hydrogen-bond donors (Lipinski definition) is 9. The summed E-state index contributed by atoms with van der Waals surface area (Å²) in [5.74, 6) is -5.52. The zero-order valence-corrected chi connectivity index (χ0v) is 28.1. The standard InChI is InChI=1S/C15H20O6.C6H14O3.3C4H6O2/c1-4-11(19)15(12(20)5-2,13(21)6-3)7-14(8-16,9-17)10-18;1-2-6(3-7,4-8)5-9;3*1-3(2)4(5)6/h4-6,16-18H,1-3,7-10H2;7-9H,2-5H2,1H3;3*1H2,2H3,(H,5,6). The highest BCUT2D eigenvalue weighted by Gasteiger charge is 2.53. The minimum atomic E-state index is -2.24. The van der Waals surface area contributed by atoms with Gasteiger partial charge in [-0.15, -0.1) is 0 Å². The fourth-order valence-electron chi connectivity index (χ4n) is 2.51. The Morgan fingerprint density at radius 1 is 0.500 bits per heavy atom. The molecule has 9 N–H and O–H groups in total. The van der Waals surface area contributed by atoms with Crippen molar-refractivity contribution < 1.29 is 74.7 Å². The maximum absolute atomic E-state index is 12.2. The molecule has 0 amide bonds. The minimum absolute atomic E-state index is 0.156. The van der Waals surface area contributed by atoms with Crippen LogP contribution in [0.25, 0.3) is 0 Å². The van der Waals surface area contributed by atoms with Gasteiger partial charge in [0.2, 0.25) is 0 Å². The Hall–Kier alpha value is -4.38. The van der Waals surface area contributed by atoms with Crippen LogP contribution < -0.4 is 0 Å². The summed E-state index contributed by atoms with van der Waals surface area (Å²) in [6, 6.07) is 0. The molecule has 274 valence electrons. The van der Waals surface area contributed by atoms with E-state index in [9.17, 15) is 44.1 Å². The van der Waals surface area contributed by atoms with E-state index in [0.717, 1.165) is 18.2 Å². The summed E-state index contributed by atoms with van der Waals surface area (Å²) in [6.07, 6.45) is 2.43. The lowest BCUT2D eigenvalue weighted by Crippen LogP contribution is -2.51. The van der Waals surface area contributed by atoms with Crippen molar-refractivity contribution in [3.8, 4) is 0 Å². The van der Waals surface area contributed by atoms with Gasteiger partial charge in [-0.3, -0.25) is 14.4 Å². The second-order valence-electron chi connectivity index (χ2n) is 10.3. The van der Waals surface area contributed by atoms with Gasteiger partial charge in [0.25, 0.3) is 0 Å². The normalized spacial score (nSPS) is 10.1. The van der Waals surface area contributed by atoms with Crippen LogP contribution in [0.2, 0.25) is 0 Å². The van der Waals surface area contributed by atoms with Crippen LogP contribution in [0, 0.1) is 16.2 Å². The third-order valence-corrected chi connectivity index (χ3v) is 6.32. The van der Waals surface area contributed by atoms with E-state index in [1.165, 1.54) is 20.8 Å². The van der Waals surface area contributed by atoms with Gasteiger partial charge in [-0.1, -0.05) is 46.4 Å². The Morgan fingerprint density at radius 2 is 0.688 bits per heavy atom. The third kappa shape index (κ3) is 20.0. The fourth-order valence-corrected chi connectivity index (χ4v) is 2.51. The summed E-state index contributed by atoms with van der Waals surface area (Å²) < 4.78 is 0. The van der Waals surface area contributed by atoms with E-state index in [1.807, 2.05) is 6.92 Å². The number of aliphatic carboxylic acids is 3. The van der Waals surface area contributed by atoms with E-state index < -0.39 is 77.7 Å². The van der Waals surface area contributed by atoms with Crippen LogP contribution in [0.5, 0.6) is 0 Å². The smallest absolute Gasteiger partial charge is 0.330 e. The second kappa shape index (κ2) is 27.7. The average Bonchev–Trinajstić information content (AvgIpc) is 3.07. The molecule has 0 aliphatic heterocycles. The molecule has 0 unspecified atom stereocenters. The topological polar surface area (TPSA) is 284 Å². The maximum Gasteiger partial charge on any atom is 0.330 e. The van der Waals surface area contributed by atoms with Gasteiger partial charge in [-0.2, -0.15) is 0 Å². The lowest BCUT2D eigenvalue weighted by Gasteiger charge is -2.36. The maximum atomic E-state index is 12.2. The lowest BCUT2D eigenvalue weighted by molar-refractivity contribution is -0.148. The molecule has 0 bridgehead atoms. The molecule has 0 aliphatic carbocycles. The molecule has 0 spiro atoms.